The second-order valence-electron chi connectivity index (χ2n) is 2.14. The lowest BCUT2D eigenvalue weighted by molar-refractivity contribution is -0.111. The third kappa shape index (κ3) is 2.65. The van der Waals surface area contributed by atoms with Gasteiger partial charge in [0.1, 0.15) is 4.32 Å². The molecule has 0 aliphatic carbocycles. The fourth-order valence-corrected chi connectivity index (χ4v) is 2.16. The van der Waals surface area contributed by atoms with E-state index in [1.165, 1.54) is 23.5 Å². The molecule has 0 aromatic rings. The Morgan fingerprint density at radius 2 is 2.64 bits per heavy atom. The van der Waals surface area contributed by atoms with Crippen molar-refractivity contribution in [1.82, 2.24) is 5.32 Å². The first-order valence-electron chi connectivity index (χ1n) is 3.25. The van der Waals surface area contributed by atoms with Gasteiger partial charge >= 0.3 is 0 Å². The standard InChI is InChI=1S/C6H9NOS3/c1-10-6(9)7-4-2-3-11-5(4)8/h4H,2-3H2,1H3,(H,7,9). The molecule has 0 bridgehead atoms. The topological polar surface area (TPSA) is 29.1 Å². The molecule has 0 spiro atoms. The summed E-state index contributed by atoms with van der Waals surface area (Å²) in [5.74, 6) is 0.924. The molecule has 0 amide bonds. The van der Waals surface area contributed by atoms with Crippen LogP contribution in [0.3, 0.4) is 0 Å². The van der Waals surface area contributed by atoms with Crippen molar-refractivity contribution in [2.24, 2.45) is 0 Å². The van der Waals surface area contributed by atoms with Crippen molar-refractivity contribution in [2.75, 3.05) is 12.0 Å². The van der Waals surface area contributed by atoms with E-state index in [2.05, 4.69) is 5.32 Å². The average molecular weight is 207 g/mol. The van der Waals surface area contributed by atoms with E-state index in [0.717, 1.165) is 12.2 Å². The molecule has 1 unspecified atom stereocenters. The molecular weight excluding hydrogens is 198 g/mol. The van der Waals surface area contributed by atoms with Crippen molar-refractivity contribution >= 4 is 45.2 Å². The number of carbonyl (C=O) groups is 1. The zero-order valence-corrected chi connectivity index (χ0v) is 8.57. The Morgan fingerprint density at radius 1 is 1.91 bits per heavy atom. The van der Waals surface area contributed by atoms with E-state index in [9.17, 15) is 4.79 Å². The van der Waals surface area contributed by atoms with Gasteiger partial charge in [0.25, 0.3) is 0 Å². The minimum Gasteiger partial charge on any atom is -0.360 e. The maximum absolute atomic E-state index is 11.1. The third-order valence-electron chi connectivity index (χ3n) is 1.41. The van der Waals surface area contributed by atoms with E-state index in [4.69, 9.17) is 12.2 Å². The fourth-order valence-electron chi connectivity index (χ4n) is 0.828. The Bertz CT molecular complexity index is 183. The summed E-state index contributed by atoms with van der Waals surface area (Å²) in [5.41, 5.74) is 0. The molecule has 1 aliphatic heterocycles. The molecule has 1 atom stereocenters. The van der Waals surface area contributed by atoms with Crippen LogP contribution < -0.4 is 5.32 Å². The van der Waals surface area contributed by atoms with Gasteiger partial charge in [-0.3, -0.25) is 4.79 Å². The first kappa shape index (κ1) is 9.35. The Kier molecular flexibility index (Phi) is 3.68. The highest BCUT2D eigenvalue weighted by atomic mass is 32.2. The van der Waals surface area contributed by atoms with Crippen molar-refractivity contribution in [3.05, 3.63) is 0 Å². The van der Waals surface area contributed by atoms with Crippen LogP contribution in [-0.4, -0.2) is 27.5 Å². The molecule has 1 N–H and O–H groups in total. The quantitative estimate of drug-likeness (QED) is 0.654. The molecule has 0 radical (unpaired) electrons. The number of nitrogens with one attached hydrogen (secondary N) is 1. The Hall–Kier alpha value is 0.260. The van der Waals surface area contributed by atoms with E-state index in [1.807, 2.05) is 6.26 Å². The predicted molar refractivity (Wildman–Crippen MR) is 55.1 cm³/mol. The van der Waals surface area contributed by atoms with Gasteiger partial charge in [-0.05, 0) is 12.7 Å². The van der Waals surface area contributed by atoms with E-state index in [1.54, 1.807) is 0 Å². The third-order valence-corrected chi connectivity index (χ3v) is 3.53. The van der Waals surface area contributed by atoms with Gasteiger partial charge in [-0.2, -0.15) is 0 Å². The van der Waals surface area contributed by atoms with Gasteiger partial charge in [0.05, 0.1) is 6.04 Å². The molecule has 62 valence electrons. The summed E-state index contributed by atoms with van der Waals surface area (Å²) < 4.78 is 0.714. The minimum absolute atomic E-state index is 0.0278. The second-order valence-corrected chi connectivity index (χ2v) is 4.73. The maximum Gasteiger partial charge on any atom is 0.211 e. The number of hydrogen-bond donors (Lipinski definition) is 1. The number of thiocarbonyl (C=S) groups is 1. The maximum atomic E-state index is 11.1. The molecule has 11 heavy (non-hydrogen) atoms. The molecule has 1 rings (SSSR count). The Balaban J connectivity index is 2.36. The number of hydrogen-bond acceptors (Lipinski definition) is 4. The number of carbonyl (C=O) groups excluding carboxylic acids is 1. The van der Waals surface area contributed by atoms with Crippen molar-refractivity contribution in [3.8, 4) is 0 Å². The molecule has 0 aromatic heterocycles. The number of thioether (sulfide) groups is 2. The first-order valence-corrected chi connectivity index (χ1v) is 5.87. The van der Waals surface area contributed by atoms with Gasteiger partial charge in [0.2, 0.25) is 5.12 Å². The van der Waals surface area contributed by atoms with Crippen LogP contribution in [0.15, 0.2) is 0 Å². The molecule has 5 heteroatoms. The van der Waals surface area contributed by atoms with Crippen molar-refractivity contribution < 1.29 is 4.79 Å². The largest absolute Gasteiger partial charge is 0.360 e. The molecule has 0 saturated carbocycles. The summed E-state index contributed by atoms with van der Waals surface area (Å²) in [4.78, 5) is 11.1. The average Bonchev–Trinajstić information content (AvgIpc) is 2.37. The lowest BCUT2D eigenvalue weighted by Gasteiger charge is -2.09. The van der Waals surface area contributed by atoms with Crippen LogP contribution in [-0.2, 0) is 4.79 Å². The van der Waals surface area contributed by atoms with Gasteiger partial charge in [-0.1, -0.05) is 24.0 Å². The Morgan fingerprint density at radius 3 is 3.09 bits per heavy atom. The molecular formula is C6H9NOS3. The summed E-state index contributed by atoms with van der Waals surface area (Å²) in [6.45, 7) is 0. The highest BCUT2D eigenvalue weighted by molar-refractivity contribution is 8.22. The predicted octanol–water partition coefficient (Wildman–Crippen LogP) is 1.26. The van der Waals surface area contributed by atoms with E-state index < -0.39 is 0 Å². The molecule has 0 aromatic carbocycles. The van der Waals surface area contributed by atoms with Crippen LogP contribution in [0.2, 0.25) is 0 Å². The second kappa shape index (κ2) is 4.33. The van der Waals surface area contributed by atoms with Crippen LogP contribution in [0.25, 0.3) is 0 Å². The van der Waals surface area contributed by atoms with Crippen molar-refractivity contribution in [3.63, 3.8) is 0 Å². The normalized spacial score (nSPS) is 23.7. The molecule has 1 saturated heterocycles. The first-order chi connectivity index (χ1) is 5.24. The number of rotatable bonds is 1. The monoisotopic (exact) mass is 207 g/mol. The highest BCUT2D eigenvalue weighted by Gasteiger charge is 2.25. The molecule has 1 fully saturated rings. The van der Waals surface area contributed by atoms with Crippen LogP contribution in [0.1, 0.15) is 6.42 Å². The van der Waals surface area contributed by atoms with E-state index in [0.29, 0.717) is 4.32 Å². The lowest BCUT2D eigenvalue weighted by atomic mass is 10.3. The van der Waals surface area contributed by atoms with Crippen LogP contribution in [0, 0.1) is 0 Å². The van der Waals surface area contributed by atoms with Crippen LogP contribution in [0.5, 0.6) is 0 Å². The van der Waals surface area contributed by atoms with Gasteiger partial charge in [-0.15, -0.1) is 11.8 Å². The highest BCUT2D eigenvalue weighted by Crippen LogP contribution is 2.19. The van der Waals surface area contributed by atoms with Crippen molar-refractivity contribution in [2.45, 2.75) is 12.5 Å². The molecule has 1 heterocycles. The van der Waals surface area contributed by atoms with Gasteiger partial charge in [-0.25, -0.2) is 0 Å². The summed E-state index contributed by atoms with van der Waals surface area (Å²) in [5, 5.41) is 3.23. The summed E-state index contributed by atoms with van der Waals surface area (Å²) in [7, 11) is 0. The van der Waals surface area contributed by atoms with Gasteiger partial charge in [0, 0.05) is 5.75 Å². The van der Waals surface area contributed by atoms with E-state index >= 15 is 0 Å². The summed E-state index contributed by atoms with van der Waals surface area (Å²) in [6, 6.07) is -0.0278. The van der Waals surface area contributed by atoms with Crippen LogP contribution >= 0.6 is 35.7 Å². The molecule has 1 aliphatic rings. The van der Waals surface area contributed by atoms with E-state index in [-0.39, 0.29) is 11.2 Å². The molecule has 2 nitrogen and oxygen atoms in total. The summed E-state index contributed by atoms with van der Waals surface area (Å²) in [6.07, 6.45) is 2.81. The van der Waals surface area contributed by atoms with Gasteiger partial charge < -0.3 is 5.32 Å². The lowest BCUT2D eigenvalue weighted by Crippen LogP contribution is -2.34. The van der Waals surface area contributed by atoms with Crippen LogP contribution in [0.4, 0.5) is 0 Å². The minimum atomic E-state index is -0.0278. The zero-order chi connectivity index (χ0) is 8.27. The van der Waals surface area contributed by atoms with Crippen molar-refractivity contribution in [1.29, 1.82) is 0 Å². The Labute approximate surface area is 79.9 Å². The smallest absolute Gasteiger partial charge is 0.211 e. The zero-order valence-electron chi connectivity index (χ0n) is 6.12. The fraction of sp³-hybridized carbons (Fsp3) is 0.667. The SMILES string of the molecule is CSC(=S)NC1CCSC1=O. The summed E-state index contributed by atoms with van der Waals surface area (Å²) >= 11 is 7.80. The van der Waals surface area contributed by atoms with Gasteiger partial charge in [0.15, 0.2) is 0 Å².